The van der Waals surface area contributed by atoms with Crippen molar-refractivity contribution in [3.8, 4) is 0 Å². The predicted molar refractivity (Wildman–Crippen MR) is 54.9 cm³/mol. The number of carbonyl (C=O) groups excluding carboxylic acids is 1. The number of aliphatic carboxylic acids is 1. The average molecular weight is 226 g/mol. The highest BCUT2D eigenvalue weighted by Gasteiger charge is 2.34. The van der Waals surface area contributed by atoms with E-state index in [-0.39, 0.29) is 5.69 Å². The van der Waals surface area contributed by atoms with Gasteiger partial charge < -0.3 is 14.9 Å². The van der Waals surface area contributed by atoms with Crippen LogP contribution in [0.1, 0.15) is 37.2 Å². The van der Waals surface area contributed by atoms with Crippen molar-refractivity contribution in [3.05, 3.63) is 18.0 Å². The first kappa shape index (κ1) is 12.2. The van der Waals surface area contributed by atoms with E-state index in [1.807, 2.05) is 6.92 Å². The van der Waals surface area contributed by atoms with Crippen molar-refractivity contribution in [2.24, 2.45) is 0 Å². The molecule has 0 aliphatic carbocycles. The molecule has 2 N–H and O–H groups in total. The summed E-state index contributed by atoms with van der Waals surface area (Å²) in [6.45, 7) is 3.32. The van der Waals surface area contributed by atoms with Crippen molar-refractivity contribution >= 4 is 11.9 Å². The van der Waals surface area contributed by atoms with Crippen molar-refractivity contribution in [2.45, 2.75) is 32.2 Å². The van der Waals surface area contributed by atoms with Gasteiger partial charge in [-0.15, -0.1) is 0 Å². The molecule has 0 fully saturated rings. The monoisotopic (exact) mass is 226 g/mol. The minimum atomic E-state index is -1.27. The van der Waals surface area contributed by atoms with Gasteiger partial charge in [-0.05, 0) is 13.3 Å². The zero-order chi connectivity index (χ0) is 12.2. The topological polar surface area (TPSA) is 92.4 Å². The third kappa shape index (κ3) is 2.59. The molecule has 1 aromatic rings. The van der Waals surface area contributed by atoms with Crippen molar-refractivity contribution < 1.29 is 19.2 Å². The summed E-state index contributed by atoms with van der Waals surface area (Å²) in [4.78, 5) is 22.7. The fourth-order valence-electron chi connectivity index (χ4n) is 1.37. The molecule has 0 aromatic carbocycles. The van der Waals surface area contributed by atoms with Crippen molar-refractivity contribution in [2.75, 3.05) is 0 Å². The van der Waals surface area contributed by atoms with Gasteiger partial charge in [0.1, 0.15) is 11.8 Å². The van der Waals surface area contributed by atoms with E-state index >= 15 is 0 Å². The summed E-state index contributed by atoms with van der Waals surface area (Å²) < 4.78 is 4.51. The van der Waals surface area contributed by atoms with Gasteiger partial charge in [0.25, 0.3) is 5.91 Å². The van der Waals surface area contributed by atoms with E-state index in [1.165, 1.54) is 19.3 Å². The van der Waals surface area contributed by atoms with Crippen LogP contribution in [0.2, 0.25) is 0 Å². The van der Waals surface area contributed by atoms with Crippen molar-refractivity contribution in [1.29, 1.82) is 0 Å². The maximum atomic E-state index is 11.6. The van der Waals surface area contributed by atoms with E-state index in [1.54, 1.807) is 0 Å². The average Bonchev–Trinajstić information content (AvgIpc) is 2.70. The summed E-state index contributed by atoms with van der Waals surface area (Å²) in [5.41, 5.74) is -1.20. The summed E-state index contributed by atoms with van der Waals surface area (Å²) in [7, 11) is 0. The minimum Gasteiger partial charge on any atom is -0.480 e. The van der Waals surface area contributed by atoms with Crippen LogP contribution in [0.15, 0.2) is 16.9 Å². The molecular weight excluding hydrogens is 212 g/mol. The Labute approximate surface area is 92.6 Å². The van der Waals surface area contributed by atoms with Crippen LogP contribution < -0.4 is 5.32 Å². The number of hydrogen-bond acceptors (Lipinski definition) is 4. The molecule has 0 radical (unpaired) electrons. The minimum absolute atomic E-state index is 0.0728. The first-order valence-electron chi connectivity index (χ1n) is 4.96. The molecule has 1 unspecified atom stereocenters. The fourth-order valence-corrected chi connectivity index (χ4v) is 1.37. The molecule has 0 aliphatic heterocycles. The Morgan fingerprint density at radius 1 is 1.62 bits per heavy atom. The summed E-state index contributed by atoms with van der Waals surface area (Å²) in [5, 5.41) is 14.9. The highest BCUT2D eigenvalue weighted by atomic mass is 16.5. The maximum absolute atomic E-state index is 11.6. The Hall–Kier alpha value is -1.85. The van der Waals surface area contributed by atoms with Gasteiger partial charge in [0.15, 0.2) is 5.69 Å². The Morgan fingerprint density at radius 2 is 2.31 bits per heavy atom. The Kier molecular flexibility index (Phi) is 3.65. The third-order valence-corrected chi connectivity index (χ3v) is 2.28. The van der Waals surface area contributed by atoms with Crippen molar-refractivity contribution in [3.63, 3.8) is 0 Å². The Morgan fingerprint density at radius 3 is 2.75 bits per heavy atom. The summed E-state index contributed by atoms with van der Waals surface area (Å²) in [6.07, 6.45) is 2.26. The molecule has 0 spiro atoms. The first-order chi connectivity index (χ1) is 7.49. The molecule has 0 bridgehead atoms. The number of carboxylic acid groups (broad SMARTS) is 1. The summed E-state index contributed by atoms with van der Waals surface area (Å²) in [5.74, 6) is -1.61. The van der Waals surface area contributed by atoms with Gasteiger partial charge in [-0.3, -0.25) is 4.79 Å². The Bertz CT molecular complexity index is 374. The van der Waals surface area contributed by atoms with Gasteiger partial charge in [0.05, 0.1) is 0 Å². The summed E-state index contributed by atoms with van der Waals surface area (Å²) in [6, 6.07) is 1.38. The number of carboxylic acids is 1. The number of carbonyl (C=O) groups is 2. The number of rotatable bonds is 5. The second-order valence-corrected chi connectivity index (χ2v) is 3.73. The molecule has 16 heavy (non-hydrogen) atoms. The number of hydrogen-bond donors (Lipinski definition) is 2. The normalized spacial score (nSPS) is 14.1. The first-order valence-corrected chi connectivity index (χ1v) is 4.96. The van der Waals surface area contributed by atoms with Gasteiger partial charge in [-0.2, -0.15) is 0 Å². The van der Waals surface area contributed by atoms with E-state index in [0.717, 1.165) is 0 Å². The number of nitrogens with zero attached hydrogens (tertiary/aromatic N) is 1. The second kappa shape index (κ2) is 4.78. The zero-order valence-electron chi connectivity index (χ0n) is 9.19. The van der Waals surface area contributed by atoms with Gasteiger partial charge in [-0.25, -0.2) is 4.79 Å². The number of nitrogens with one attached hydrogen (secondary N) is 1. The molecule has 1 atom stereocenters. The van der Waals surface area contributed by atoms with Gasteiger partial charge in [-0.1, -0.05) is 18.5 Å². The van der Waals surface area contributed by atoms with Gasteiger partial charge >= 0.3 is 5.97 Å². The third-order valence-electron chi connectivity index (χ3n) is 2.28. The smallest absolute Gasteiger partial charge is 0.329 e. The maximum Gasteiger partial charge on any atom is 0.329 e. The van der Waals surface area contributed by atoms with E-state index in [9.17, 15) is 9.59 Å². The SMILES string of the molecule is CCCC(C)(NC(=O)c1ccon1)C(=O)O. The van der Waals surface area contributed by atoms with Gasteiger partial charge in [0.2, 0.25) is 0 Å². The lowest BCUT2D eigenvalue weighted by atomic mass is 9.96. The van der Waals surface area contributed by atoms with Crippen LogP contribution >= 0.6 is 0 Å². The van der Waals surface area contributed by atoms with Crippen LogP contribution in [0, 0.1) is 0 Å². The van der Waals surface area contributed by atoms with Crippen LogP contribution in [-0.4, -0.2) is 27.7 Å². The molecule has 1 heterocycles. The lowest BCUT2D eigenvalue weighted by Gasteiger charge is -2.25. The molecule has 0 aliphatic rings. The van der Waals surface area contributed by atoms with Crippen LogP contribution in [0.5, 0.6) is 0 Å². The Balaban J connectivity index is 2.77. The quantitative estimate of drug-likeness (QED) is 0.782. The lowest BCUT2D eigenvalue weighted by molar-refractivity contribution is -0.144. The number of aromatic nitrogens is 1. The van der Waals surface area contributed by atoms with Crippen LogP contribution in [0.25, 0.3) is 0 Å². The largest absolute Gasteiger partial charge is 0.480 e. The zero-order valence-corrected chi connectivity index (χ0v) is 9.19. The molecule has 1 rings (SSSR count). The molecule has 0 saturated heterocycles. The fraction of sp³-hybridized carbons (Fsp3) is 0.500. The molecule has 0 saturated carbocycles. The standard InChI is InChI=1S/C10H14N2O4/c1-3-5-10(2,9(14)15)11-8(13)7-4-6-16-12-7/h4,6H,3,5H2,1-2H3,(H,11,13)(H,14,15). The molecular formula is C10H14N2O4. The molecule has 6 heteroatoms. The highest BCUT2D eigenvalue weighted by Crippen LogP contribution is 2.13. The predicted octanol–water partition coefficient (Wildman–Crippen LogP) is 1.05. The van der Waals surface area contributed by atoms with Gasteiger partial charge in [0, 0.05) is 6.07 Å². The molecule has 88 valence electrons. The highest BCUT2D eigenvalue weighted by molar-refractivity contribution is 5.96. The van der Waals surface area contributed by atoms with E-state index < -0.39 is 17.4 Å². The van der Waals surface area contributed by atoms with Crippen LogP contribution in [0.3, 0.4) is 0 Å². The van der Waals surface area contributed by atoms with E-state index in [4.69, 9.17) is 5.11 Å². The second-order valence-electron chi connectivity index (χ2n) is 3.73. The van der Waals surface area contributed by atoms with Crippen LogP contribution in [-0.2, 0) is 4.79 Å². The van der Waals surface area contributed by atoms with E-state index in [2.05, 4.69) is 15.0 Å². The van der Waals surface area contributed by atoms with Crippen molar-refractivity contribution in [1.82, 2.24) is 10.5 Å². The lowest BCUT2D eigenvalue weighted by Crippen LogP contribution is -2.52. The molecule has 1 amide bonds. The number of amides is 1. The van der Waals surface area contributed by atoms with E-state index in [0.29, 0.717) is 12.8 Å². The van der Waals surface area contributed by atoms with Crippen LogP contribution in [0.4, 0.5) is 0 Å². The summed E-state index contributed by atoms with van der Waals surface area (Å²) >= 11 is 0. The molecule has 6 nitrogen and oxygen atoms in total. The molecule has 1 aromatic heterocycles.